The summed E-state index contributed by atoms with van der Waals surface area (Å²) in [5.41, 5.74) is 1.99. The van der Waals surface area contributed by atoms with Gasteiger partial charge in [0.2, 0.25) is 5.82 Å². The van der Waals surface area contributed by atoms with Crippen molar-refractivity contribution in [3.63, 3.8) is 0 Å². The summed E-state index contributed by atoms with van der Waals surface area (Å²) in [6.07, 6.45) is 0. The summed E-state index contributed by atoms with van der Waals surface area (Å²) in [6.45, 7) is 5.47. The molecule has 0 aliphatic rings. The molecule has 0 bridgehead atoms. The standard InChI is InChI=1S/C19H19N3O5/c1-5-26-19(24)17-20-16(21-27-17)15-11(2)9-12(3)22(18(15)23)13-7-6-8-14(10-13)25-4/h6-10H,5H2,1-4H3. The van der Waals surface area contributed by atoms with E-state index >= 15 is 0 Å². The Labute approximate surface area is 155 Å². The molecule has 2 heterocycles. The molecule has 0 N–H and O–H groups in total. The number of nitrogens with zero attached hydrogens (tertiary/aromatic N) is 3. The smallest absolute Gasteiger partial charge is 0.397 e. The maximum atomic E-state index is 13.2. The van der Waals surface area contributed by atoms with Gasteiger partial charge in [-0.15, -0.1) is 0 Å². The molecule has 0 saturated heterocycles. The molecule has 0 amide bonds. The Morgan fingerprint density at radius 2 is 2.04 bits per heavy atom. The number of rotatable bonds is 5. The zero-order valence-electron chi connectivity index (χ0n) is 15.5. The molecule has 0 spiro atoms. The predicted octanol–water partition coefficient (Wildman–Crippen LogP) is 2.69. The SMILES string of the molecule is CCOC(=O)c1nc(-c2c(C)cc(C)n(-c3cccc(OC)c3)c2=O)no1. The summed E-state index contributed by atoms with van der Waals surface area (Å²) < 4.78 is 16.6. The van der Waals surface area contributed by atoms with Crippen molar-refractivity contribution in [3.8, 4) is 22.8 Å². The molecule has 0 aliphatic heterocycles. The number of esters is 1. The summed E-state index contributed by atoms with van der Waals surface area (Å²) >= 11 is 0. The van der Waals surface area contributed by atoms with E-state index in [2.05, 4.69) is 10.1 Å². The molecule has 0 fully saturated rings. The third kappa shape index (κ3) is 3.46. The van der Waals surface area contributed by atoms with Gasteiger partial charge in [-0.25, -0.2) is 4.79 Å². The van der Waals surface area contributed by atoms with E-state index in [1.54, 1.807) is 45.2 Å². The Balaban J connectivity index is 2.15. The fraction of sp³-hybridized carbons (Fsp3) is 0.263. The zero-order chi connectivity index (χ0) is 19.6. The van der Waals surface area contributed by atoms with E-state index in [1.807, 2.05) is 13.0 Å². The summed E-state index contributed by atoms with van der Waals surface area (Å²) in [5.74, 6) is -0.351. The molecule has 140 valence electrons. The lowest BCUT2D eigenvalue weighted by molar-refractivity contribution is 0.0470. The highest BCUT2D eigenvalue weighted by atomic mass is 16.6. The average molecular weight is 369 g/mol. The monoisotopic (exact) mass is 369 g/mol. The van der Waals surface area contributed by atoms with Crippen molar-refractivity contribution in [2.24, 2.45) is 0 Å². The van der Waals surface area contributed by atoms with Gasteiger partial charge in [-0.2, -0.15) is 4.98 Å². The number of carbonyl (C=O) groups excluding carboxylic acids is 1. The Hall–Kier alpha value is -3.42. The van der Waals surface area contributed by atoms with Gasteiger partial charge in [0.05, 0.1) is 25.0 Å². The minimum absolute atomic E-state index is 0.0391. The van der Waals surface area contributed by atoms with Crippen LogP contribution in [0.25, 0.3) is 17.1 Å². The van der Waals surface area contributed by atoms with Crippen molar-refractivity contribution in [2.45, 2.75) is 20.8 Å². The van der Waals surface area contributed by atoms with Crippen molar-refractivity contribution < 1.29 is 18.8 Å². The molecule has 27 heavy (non-hydrogen) atoms. The number of methoxy groups -OCH3 is 1. The van der Waals surface area contributed by atoms with Gasteiger partial charge in [0.25, 0.3) is 5.56 Å². The molecule has 0 aliphatic carbocycles. The van der Waals surface area contributed by atoms with Crippen LogP contribution < -0.4 is 10.3 Å². The molecular formula is C19H19N3O5. The summed E-state index contributed by atoms with van der Waals surface area (Å²) in [4.78, 5) is 29.0. The predicted molar refractivity (Wildman–Crippen MR) is 97.3 cm³/mol. The van der Waals surface area contributed by atoms with Crippen LogP contribution in [0.2, 0.25) is 0 Å². The normalized spacial score (nSPS) is 10.7. The van der Waals surface area contributed by atoms with Crippen molar-refractivity contribution in [3.05, 3.63) is 57.8 Å². The number of aromatic nitrogens is 3. The topological polar surface area (TPSA) is 96.4 Å². The highest BCUT2D eigenvalue weighted by Crippen LogP contribution is 2.22. The van der Waals surface area contributed by atoms with Crippen LogP contribution in [0.15, 0.2) is 39.6 Å². The van der Waals surface area contributed by atoms with Crippen LogP contribution in [-0.4, -0.2) is 34.4 Å². The van der Waals surface area contributed by atoms with Crippen LogP contribution in [0.1, 0.15) is 28.9 Å². The Morgan fingerprint density at radius 3 is 2.74 bits per heavy atom. The van der Waals surface area contributed by atoms with Crippen LogP contribution in [0.4, 0.5) is 0 Å². The number of ether oxygens (including phenoxy) is 2. The van der Waals surface area contributed by atoms with E-state index in [4.69, 9.17) is 14.0 Å². The lowest BCUT2D eigenvalue weighted by atomic mass is 10.1. The molecule has 3 aromatic rings. The number of hydrogen-bond acceptors (Lipinski definition) is 7. The van der Waals surface area contributed by atoms with E-state index in [0.717, 1.165) is 5.69 Å². The first-order valence-electron chi connectivity index (χ1n) is 8.35. The molecule has 0 radical (unpaired) electrons. The van der Waals surface area contributed by atoms with Crippen LogP contribution in [0.3, 0.4) is 0 Å². The molecule has 8 nitrogen and oxygen atoms in total. The van der Waals surface area contributed by atoms with Crippen LogP contribution in [0.5, 0.6) is 5.75 Å². The molecule has 8 heteroatoms. The lowest BCUT2D eigenvalue weighted by Gasteiger charge is -2.14. The lowest BCUT2D eigenvalue weighted by Crippen LogP contribution is -2.23. The molecule has 3 rings (SSSR count). The highest BCUT2D eigenvalue weighted by molar-refractivity contribution is 5.84. The molecule has 2 aromatic heterocycles. The first-order valence-corrected chi connectivity index (χ1v) is 8.35. The highest BCUT2D eigenvalue weighted by Gasteiger charge is 2.22. The van der Waals surface area contributed by atoms with Crippen LogP contribution in [-0.2, 0) is 4.74 Å². The Bertz CT molecular complexity index is 1050. The first-order chi connectivity index (χ1) is 13.0. The van der Waals surface area contributed by atoms with Gasteiger partial charge in [0.15, 0.2) is 0 Å². The fourth-order valence-corrected chi connectivity index (χ4v) is 2.83. The van der Waals surface area contributed by atoms with Gasteiger partial charge < -0.3 is 14.0 Å². The van der Waals surface area contributed by atoms with Crippen LogP contribution >= 0.6 is 0 Å². The maximum Gasteiger partial charge on any atom is 0.397 e. The van der Waals surface area contributed by atoms with E-state index in [1.165, 1.54) is 4.57 Å². The first kappa shape index (κ1) is 18.4. The zero-order valence-corrected chi connectivity index (χ0v) is 15.5. The summed E-state index contributed by atoms with van der Waals surface area (Å²) in [6, 6.07) is 9.00. The third-order valence-corrected chi connectivity index (χ3v) is 4.00. The average Bonchev–Trinajstić information content (AvgIpc) is 3.11. The largest absolute Gasteiger partial charge is 0.497 e. The van der Waals surface area contributed by atoms with E-state index in [9.17, 15) is 9.59 Å². The Kier molecular flexibility index (Phi) is 5.07. The molecular weight excluding hydrogens is 350 g/mol. The fourth-order valence-electron chi connectivity index (χ4n) is 2.83. The number of hydrogen-bond donors (Lipinski definition) is 0. The number of aryl methyl sites for hydroxylation is 2. The molecule has 1 aromatic carbocycles. The summed E-state index contributed by atoms with van der Waals surface area (Å²) in [7, 11) is 1.56. The van der Waals surface area contributed by atoms with Gasteiger partial charge in [-0.1, -0.05) is 11.2 Å². The van der Waals surface area contributed by atoms with Crippen molar-refractivity contribution in [2.75, 3.05) is 13.7 Å². The number of pyridine rings is 1. The van der Waals surface area contributed by atoms with Crippen molar-refractivity contribution in [1.82, 2.24) is 14.7 Å². The van der Waals surface area contributed by atoms with Crippen molar-refractivity contribution in [1.29, 1.82) is 0 Å². The van der Waals surface area contributed by atoms with Gasteiger partial charge >= 0.3 is 11.9 Å². The second-order valence-electron chi connectivity index (χ2n) is 5.83. The van der Waals surface area contributed by atoms with E-state index in [0.29, 0.717) is 17.0 Å². The van der Waals surface area contributed by atoms with E-state index in [-0.39, 0.29) is 29.4 Å². The molecule has 0 saturated carbocycles. The second kappa shape index (κ2) is 7.45. The second-order valence-corrected chi connectivity index (χ2v) is 5.83. The number of carbonyl (C=O) groups is 1. The third-order valence-electron chi connectivity index (χ3n) is 4.00. The summed E-state index contributed by atoms with van der Waals surface area (Å²) in [5, 5.41) is 3.78. The van der Waals surface area contributed by atoms with Gasteiger partial charge in [-0.05, 0) is 44.5 Å². The minimum atomic E-state index is -0.728. The Morgan fingerprint density at radius 1 is 1.26 bits per heavy atom. The minimum Gasteiger partial charge on any atom is -0.497 e. The van der Waals surface area contributed by atoms with Gasteiger partial charge in [0, 0.05) is 11.8 Å². The van der Waals surface area contributed by atoms with Crippen molar-refractivity contribution >= 4 is 5.97 Å². The maximum absolute atomic E-state index is 13.2. The van der Waals surface area contributed by atoms with E-state index < -0.39 is 5.97 Å². The number of benzene rings is 1. The van der Waals surface area contributed by atoms with Crippen LogP contribution in [0, 0.1) is 13.8 Å². The molecule has 0 atom stereocenters. The van der Waals surface area contributed by atoms with Gasteiger partial charge in [-0.3, -0.25) is 9.36 Å². The quantitative estimate of drug-likeness (QED) is 0.638. The van der Waals surface area contributed by atoms with Gasteiger partial charge in [0.1, 0.15) is 5.75 Å². The molecule has 0 unspecified atom stereocenters.